The van der Waals surface area contributed by atoms with Crippen LogP contribution in [-0.2, 0) is 6.54 Å². The predicted octanol–water partition coefficient (Wildman–Crippen LogP) is 2.61. The molecule has 2 rings (SSSR count). The van der Waals surface area contributed by atoms with Crippen molar-refractivity contribution in [3.63, 3.8) is 0 Å². The van der Waals surface area contributed by atoms with Gasteiger partial charge in [0, 0.05) is 11.2 Å². The van der Waals surface area contributed by atoms with Crippen LogP contribution in [0.4, 0.5) is 5.69 Å². The van der Waals surface area contributed by atoms with Crippen molar-refractivity contribution in [3.05, 3.63) is 52.8 Å². The highest BCUT2D eigenvalue weighted by Gasteiger charge is 2.03. The van der Waals surface area contributed by atoms with Crippen molar-refractivity contribution in [2.45, 2.75) is 6.54 Å². The number of hydrogen-bond donors (Lipinski definition) is 1. The molecule has 5 heteroatoms. The summed E-state index contributed by atoms with van der Waals surface area (Å²) in [7, 11) is 0. The zero-order chi connectivity index (χ0) is 12.1. The van der Waals surface area contributed by atoms with Gasteiger partial charge >= 0.3 is 0 Å². The summed E-state index contributed by atoms with van der Waals surface area (Å²) in [5.41, 5.74) is 2.06. The van der Waals surface area contributed by atoms with Crippen LogP contribution < -0.4 is 5.32 Å². The van der Waals surface area contributed by atoms with Crippen molar-refractivity contribution in [2.75, 3.05) is 5.32 Å². The summed E-state index contributed by atoms with van der Waals surface area (Å²) in [4.78, 5) is 0. The third kappa shape index (κ3) is 2.92. The largest absolute Gasteiger partial charge is 0.378 e. The van der Waals surface area contributed by atoms with Crippen LogP contribution in [0.1, 0.15) is 11.3 Å². The number of nitrogens with one attached hydrogen (secondary N) is 1. The minimum atomic E-state index is 0.503. The molecule has 0 saturated heterocycles. The number of aromatic nitrogens is 2. The number of hydrogen-bond acceptors (Lipinski definition) is 4. The van der Waals surface area contributed by atoms with Crippen LogP contribution in [0.3, 0.4) is 0 Å². The fourth-order valence-corrected chi connectivity index (χ4v) is 1.55. The lowest BCUT2D eigenvalue weighted by Gasteiger charge is -2.07. The van der Waals surface area contributed by atoms with E-state index in [0.29, 0.717) is 22.8 Å². The highest BCUT2D eigenvalue weighted by atomic mass is 35.5. The molecule has 0 amide bonds. The first-order valence-electron chi connectivity index (χ1n) is 4.99. The summed E-state index contributed by atoms with van der Waals surface area (Å²) in [6, 6.07) is 10.9. The Morgan fingerprint density at radius 3 is 2.94 bits per heavy atom. The van der Waals surface area contributed by atoms with Gasteiger partial charge in [0.25, 0.3) is 0 Å². The van der Waals surface area contributed by atoms with Crippen LogP contribution >= 0.6 is 11.6 Å². The number of anilines is 1. The number of nitriles is 1. The SMILES string of the molecule is N#Cc1ccc(Cl)cc1NCc1cccnn1. The maximum absolute atomic E-state index is 8.95. The maximum atomic E-state index is 8.95. The van der Waals surface area contributed by atoms with E-state index in [9.17, 15) is 0 Å². The van der Waals surface area contributed by atoms with Gasteiger partial charge in [0.2, 0.25) is 0 Å². The maximum Gasteiger partial charge on any atom is 0.101 e. The molecule has 1 N–H and O–H groups in total. The molecule has 0 unspecified atom stereocenters. The van der Waals surface area contributed by atoms with Gasteiger partial charge < -0.3 is 5.32 Å². The summed E-state index contributed by atoms with van der Waals surface area (Å²) < 4.78 is 0. The Kier molecular flexibility index (Phi) is 3.53. The van der Waals surface area contributed by atoms with Gasteiger partial charge in [-0.25, -0.2) is 0 Å². The van der Waals surface area contributed by atoms with Gasteiger partial charge in [-0.2, -0.15) is 15.5 Å². The van der Waals surface area contributed by atoms with E-state index in [1.807, 2.05) is 12.1 Å². The second-order valence-corrected chi connectivity index (χ2v) is 3.81. The van der Waals surface area contributed by atoms with Crippen LogP contribution in [0.15, 0.2) is 36.5 Å². The van der Waals surface area contributed by atoms with Gasteiger partial charge in [-0.05, 0) is 30.3 Å². The highest BCUT2D eigenvalue weighted by Crippen LogP contribution is 2.20. The molecule has 0 aliphatic heterocycles. The normalized spacial score (nSPS) is 9.65. The lowest BCUT2D eigenvalue weighted by Crippen LogP contribution is -2.03. The Morgan fingerprint density at radius 1 is 1.35 bits per heavy atom. The molecule has 0 aliphatic rings. The Hall–Kier alpha value is -2.12. The summed E-state index contributed by atoms with van der Waals surface area (Å²) in [5.74, 6) is 0. The topological polar surface area (TPSA) is 61.6 Å². The molecule has 0 fully saturated rings. The molecule has 0 bridgehead atoms. The molecule has 4 nitrogen and oxygen atoms in total. The van der Waals surface area contributed by atoms with Gasteiger partial charge in [-0.3, -0.25) is 0 Å². The third-order valence-electron chi connectivity index (χ3n) is 2.19. The second kappa shape index (κ2) is 5.28. The van der Waals surface area contributed by atoms with Crippen molar-refractivity contribution < 1.29 is 0 Å². The van der Waals surface area contributed by atoms with Crippen molar-refractivity contribution in [1.82, 2.24) is 10.2 Å². The van der Waals surface area contributed by atoms with Gasteiger partial charge in [0.05, 0.1) is 23.5 Å². The minimum absolute atomic E-state index is 0.503. The summed E-state index contributed by atoms with van der Waals surface area (Å²) in [6.45, 7) is 0.503. The van der Waals surface area contributed by atoms with E-state index in [1.165, 1.54) is 0 Å². The molecule has 0 atom stereocenters. The standard InChI is InChI=1S/C12H9ClN4/c13-10-4-3-9(7-14)12(6-10)15-8-11-2-1-5-16-17-11/h1-6,15H,8H2. The fourth-order valence-electron chi connectivity index (χ4n) is 1.37. The molecule has 0 aliphatic carbocycles. The second-order valence-electron chi connectivity index (χ2n) is 3.37. The van der Waals surface area contributed by atoms with E-state index in [2.05, 4.69) is 21.6 Å². The van der Waals surface area contributed by atoms with E-state index >= 15 is 0 Å². The predicted molar refractivity (Wildman–Crippen MR) is 65.5 cm³/mol. The van der Waals surface area contributed by atoms with Crippen molar-refractivity contribution in [1.29, 1.82) is 5.26 Å². The average molecular weight is 245 g/mol. The number of benzene rings is 1. The number of rotatable bonds is 3. The molecule has 1 aromatic heterocycles. The monoisotopic (exact) mass is 244 g/mol. The molecule has 0 radical (unpaired) electrons. The van der Waals surface area contributed by atoms with Gasteiger partial charge in [0.15, 0.2) is 0 Å². The van der Waals surface area contributed by atoms with Crippen molar-refractivity contribution in [3.8, 4) is 6.07 Å². The zero-order valence-corrected chi connectivity index (χ0v) is 9.65. The molecular weight excluding hydrogens is 236 g/mol. The van der Waals surface area contributed by atoms with Crippen LogP contribution in [0.25, 0.3) is 0 Å². The first-order chi connectivity index (χ1) is 8.29. The first-order valence-corrected chi connectivity index (χ1v) is 5.37. The zero-order valence-electron chi connectivity index (χ0n) is 8.89. The number of halogens is 1. The molecule has 1 aromatic carbocycles. The van der Waals surface area contributed by atoms with Gasteiger partial charge in [-0.15, -0.1) is 0 Å². The van der Waals surface area contributed by atoms with E-state index in [1.54, 1.807) is 24.4 Å². The highest BCUT2D eigenvalue weighted by molar-refractivity contribution is 6.30. The average Bonchev–Trinajstić information content (AvgIpc) is 2.38. The summed E-state index contributed by atoms with van der Waals surface area (Å²) >= 11 is 5.88. The molecule has 17 heavy (non-hydrogen) atoms. The molecule has 1 heterocycles. The van der Waals surface area contributed by atoms with Crippen LogP contribution in [0.5, 0.6) is 0 Å². The minimum Gasteiger partial charge on any atom is -0.378 e. The van der Waals surface area contributed by atoms with E-state index in [4.69, 9.17) is 16.9 Å². The number of nitrogens with zero attached hydrogens (tertiary/aromatic N) is 3. The lowest BCUT2D eigenvalue weighted by atomic mass is 10.2. The van der Waals surface area contributed by atoms with Crippen LogP contribution in [-0.4, -0.2) is 10.2 Å². The Morgan fingerprint density at radius 2 is 2.24 bits per heavy atom. The molecule has 0 saturated carbocycles. The van der Waals surface area contributed by atoms with Crippen LogP contribution in [0, 0.1) is 11.3 Å². The lowest BCUT2D eigenvalue weighted by molar-refractivity contribution is 0.924. The van der Waals surface area contributed by atoms with Gasteiger partial charge in [0.1, 0.15) is 6.07 Å². The molecule has 84 valence electrons. The first kappa shape index (κ1) is 11.4. The fraction of sp³-hybridized carbons (Fsp3) is 0.0833. The Balaban J connectivity index is 2.14. The van der Waals surface area contributed by atoms with E-state index < -0.39 is 0 Å². The Bertz CT molecular complexity index is 548. The summed E-state index contributed by atoms with van der Waals surface area (Å²) in [6.07, 6.45) is 1.61. The molecular formula is C12H9ClN4. The van der Waals surface area contributed by atoms with Crippen molar-refractivity contribution in [2.24, 2.45) is 0 Å². The summed E-state index contributed by atoms with van der Waals surface area (Å²) in [5, 5.41) is 20.4. The van der Waals surface area contributed by atoms with Gasteiger partial charge in [-0.1, -0.05) is 11.6 Å². The van der Waals surface area contributed by atoms with E-state index in [-0.39, 0.29) is 0 Å². The van der Waals surface area contributed by atoms with E-state index in [0.717, 1.165) is 5.69 Å². The molecule has 2 aromatic rings. The Labute approximate surface area is 104 Å². The quantitative estimate of drug-likeness (QED) is 0.902. The molecule has 0 spiro atoms. The van der Waals surface area contributed by atoms with Crippen LogP contribution in [0.2, 0.25) is 5.02 Å². The third-order valence-corrected chi connectivity index (χ3v) is 2.42. The smallest absolute Gasteiger partial charge is 0.101 e. The van der Waals surface area contributed by atoms with Crippen molar-refractivity contribution >= 4 is 17.3 Å².